The molecule has 0 aromatic rings. The fourth-order valence-electron chi connectivity index (χ4n) is 1.23. The second-order valence-electron chi connectivity index (χ2n) is 3.27. The molecule has 0 radical (unpaired) electrons. The van der Waals surface area contributed by atoms with E-state index in [2.05, 4.69) is 25.3 Å². The van der Waals surface area contributed by atoms with Gasteiger partial charge in [0, 0.05) is 12.5 Å². The minimum Gasteiger partial charge on any atom is -0.328 e. The van der Waals surface area contributed by atoms with Gasteiger partial charge in [0.2, 0.25) is 0 Å². The SMILES string of the molecule is NC1CCCCC1.O=C(S)CCS. The first-order valence-corrected chi connectivity index (χ1v) is 5.83. The molecule has 0 heterocycles. The van der Waals surface area contributed by atoms with Crippen LogP contribution in [0.5, 0.6) is 0 Å². The molecular weight excluding hydrogens is 202 g/mol. The zero-order valence-corrected chi connectivity index (χ0v) is 9.70. The Kier molecular flexibility index (Phi) is 9.13. The topological polar surface area (TPSA) is 43.1 Å². The summed E-state index contributed by atoms with van der Waals surface area (Å²) in [6.07, 6.45) is 7.13. The van der Waals surface area contributed by atoms with Crippen LogP contribution in [0.25, 0.3) is 0 Å². The van der Waals surface area contributed by atoms with Gasteiger partial charge in [-0.05, 0) is 18.6 Å². The summed E-state index contributed by atoms with van der Waals surface area (Å²) < 4.78 is 0. The summed E-state index contributed by atoms with van der Waals surface area (Å²) in [5.74, 6) is 0.600. The molecule has 0 aromatic heterocycles. The summed E-state index contributed by atoms with van der Waals surface area (Å²) >= 11 is 7.28. The standard InChI is InChI=1S/C6H13N.C3H6OS2/c7-6-4-2-1-3-5-6;4-3(6)1-2-5/h6H,1-5,7H2;5H,1-2H2,(H,4,6). The molecule has 2 N–H and O–H groups in total. The van der Waals surface area contributed by atoms with Crippen LogP contribution < -0.4 is 5.73 Å². The number of carbonyl (C=O) groups is 1. The normalized spacial score (nSPS) is 17.5. The van der Waals surface area contributed by atoms with E-state index < -0.39 is 0 Å². The Labute approximate surface area is 91.5 Å². The van der Waals surface area contributed by atoms with E-state index in [-0.39, 0.29) is 5.12 Å². The first kappa shape index (κ1) is 13.3. The molecule has 0 spiro atoms. The molecule has 0 amide bonds. The third-order valence-corrected chi connectivity index (χ3v) is 2.42. The summed E-state index contributed by atoms with van der Waals surface area (Å²) in [5, 5.41) is -0.0926. The molecule has 1 aliphatic rings. The van der Waals surface area contributed by atoms with Crippen LogP contribution in [-0.2, 0) is 4.79 Å². The van der Waals surface area contributed by atoms with Crippen molar-refractivity contribution in [2.75, 3.05) is 5.75 Å². The second-order valence-corrected chi connectivity index (χ2v) is 4.21. The van der Waals surface area contributed by atoms with Gasteiger partial charge in [-0.25, -0.2) is 0 Å². The number of thiol groups is 2. The van der Waals surface area contributed by atoms with E-state index in [1.165, 1.54) is 32.1 Å². The lowest BCUT2D eigenvalue weighted by Gasteiger charge is -2.15. The summed E-state index contributed by atoms with van der Waals surface area (Å²) in [4.78, 5) is 9.86. The molecule has 1 saturated carbocycles. The van der Waals surface area contributed by atoms with Gasteiger partial charge in [-0.15, -0.1) is 12.6 Å². The van der Waals surface area contributed by atoms with E-state index in [4.69, 9.17) is 5.73 Å². The van der Waals surface area contributed by atoms with Crippen molar-refractivity contribution in [3.05, 3.63) is 0 Å². The molecule has 78 valence electrons. The molecule has 0 unspecified atom stereocenters. The summed E-state index contributed by atoms with van der Waals surface area (Å²) in [6.45, 7) is 0. The van der Waals surface area contributed by atoms with Gasteiger partial charge in [0.25, 0.3) is 0 Å². The highest BCUT2D eigenvalue weighted by Crippen LogP contribution is 2.14. The van der Waals surface area contributed by atoms with Crippen molar-refractivity contribution < 1.29 is 4.79 Å². The Balaban J connectivity index is 0.000000226. The highest BCUT2D eigenvalue weighted by molar-refractivity contribution is 7.96. The van der Waals surface area contributed by atoms with Gasteiger partial charge in [0.1, 0.15) is 0 Å². The summed E-state index contributed by atoms with van der Waals surface area (Å²) in [6, 6.07) is 0.536. The highest BCUT2D eigenvalue weighted by atomic mass is 32.1. The Bertz CT molecular complexity index is 136. The maximum absolute atomic E-state index is 9.86. The Morgan fingerprint density at radius 1 is 1.31 bits per heavy atom. The van der Waals surface area contributed by atoms with Gasteiger partial charge >= 0.3 is 0 Å². The Hall–Kier alpha value is 0.330. The van der Waals surface area contributed by atoms with Crippen LogP contribution in [0.2, 0.25) is 0 Å². The summed E-state index contributed by atoms with van der Waals surface area (Å²) in [7, 11) is 0. The van der Waals surface area contributed by atoms with Gasteiger partial charge in [-0.2, -0.15) is 12.6 Å². The minimum atomic E-state index is -0.0926. The van der Waals surface area contributed by atoms with E-state index in [9.17, 15) is 4.79 Å². The lowest BCUT2D eigenvalue weighted by Crippen LogP contribution is -2.22. The van der Waals surface area contributed by atoms with Gasteiger partial charge in [-0.3, -0.25) is 4.79 Å². The Morgan fingerprint density at radius 2 is 1.85 bits per heavy atom. The fourth-order valence-corrected chi connectivity index (χ4v) is 1.72. The summed E-state index contributed by atoms with van der Waals surface area (Å²) in [5.41, 5.74) is 5.63. The fraction of sp³-hybridized carbons (Fsp3) is 0.889. The maximum atomic E-state index is 9.86. The molecular formula is C9H19NOS2. The molecule has 0 atom stereocenters. The predicted octanol–water partition coefficient (Wildman–Crippen LogP) is 2.04. The quantitative estimate of drug-likeness (QED) is 0.625. The number of nitrogens with two attached hydrogens (primary N) is 1. The van der Waals surface area contributed by atoms with Crippen molar-refractivity contribution in [3.63, 3.8) is 0 Å². The van der Waals surface area contributed by atoms with E-state index in [1.54, 1.807) is 0 Å². The molecule has 1 fully saturated rings. The molecule has 13 heavy (non-hydrogen) atoms. The molecule has 0 saturated heterocycles. The number of carbonyl (C=O) groups excluding carboxylic acids is 1. The zero-order chi connectivity index (χ0) is 10.1. The first-order valence-electron chi connectivity index (χ1n) is 4.75. The van der Waals surface area contributed by atoms with Crippen LogP contribution in [0.4, 0.5) is 0 Å². The van der Waals surface area contributed by atoms with Crippen LogP contribution in [0, 0.1) is 0 Å². The third kappa shape index (κ3) is 10.2. The first-order chi connectivity index (χ1) is 6.16. The molecule has 2 nitrogen and oxygen atoms in total. The van der Waals surface area contributed by atoms with Crippen molar-refractivity contribution in [1.29, 1.82) is 0 Å². The lowest BCUT2D eigenvalue weighted by atomic mass is 9.97. The van der Waals surface area contributed by atoms with Crippen LogP contribution >= 0.6 is 25.3 Å². The molecule has 0 aromatic carbocycles. The van der Waals surface area contributed by atoms with Gasteiger partial charge in [0.15, 0.2) is 5.12 Å². The largest absolute Gasteiger partial charge is 0.328 e. The third-order valence-electron chi connectivity index (χ3n) is 1.98. The van der Waals surface area contributed by atoms with Gasteiger partial charge < -0.3 is 5.73 Å². The minimum absolute atomic E-state index is 0.0926. The van der Waals surface area contributed by atoms with Crippen LogP contribution in [0.1, 0.15) is 38.5 Å². The molecule has 1 rings (SSSR count). The monoisotopic (exact) mass is 221 g/mol. The van der Waals surface area contributed by atoms with Crippen molar-refractivity contribution in [3.8, 4) is 0 Å². The second kappa shape index (κ2) is 8.91. The van der Waals surface area contributed by atoms with E-state index in [1.807, 2.05) is 0 Å². The average molecular weight is 221 g/mol. The number of rotatable bonds is 2. The highest BCUT2D eigenvalue weighted by Gasteiger charge is 2.06. The zero-order valence-electron chi connectivity index (χ0n) is 7.91. The number of hydrogen-bond acceptors (Lipinski definition) is 3. The lowest BCUT2D eigenvalue weighted by molar-refractivity contribution is -0.110. The molecule has 0 bridgehead atoms. The van der Waals surface area contributed by atoms with E-state index >= 15 is 0 Å². The maximum Gasteiger partial charge on any atom is 0.186 e. The molecule has 4 heteroatoms. The van der Waals surface area contributed by atoms with Crippen LogP contribution in [0.15, 0.2) is 0 Å². The molecule has 0 aliphatic heterocycles. The average Bonchev–Trinajstić information content (AvgIpc) is 2.06. The van der Waals surface area contributed by atoms with Crippen molar-refractivity contribution in [2.24, 2.45) is 5.73 Å². The molecule has 1 aliphatic carbocycles. The van der Waals surface area contributed by atoms with Gasteiger partial charge in [-0.1, -0.05) is 19.3 Å². The van der Waals surface area contributed by atoms with Gasteiger partial charge in [0.05, 0.1) is 0 Å². The van der Waals surface area contributed by atoms with E-state index in [0.717, 1.165) is 0 Å². The van der Waals surface area contributed by atoms with Crippen molar-refractivity contribution in [1.82, 2.24) is 0 Å². The number of hydrogen-bond donors (Lipinski definition) is 3. The van der Waals surface area contributed by atoms with Crippen LogP contribution in [0.3, 0.4) is 0 Å². The van der Waals surface area contributed by atoms with Crippen molar-refractivity contribution in [2.45, 2.75) is 44.6 Å². The van der Waals surface area contributed by atoms with E-state index in [0.29, 0.717) is 18.2 Å². The predicted molar refractivity (Wildman–Crippen MR) is 63.5 cm³/mol. The van der Waals surface area contributed by atoms with Crippen LogP contribution in [-0.4, -0.2) is 16.9 Å². The smallest absolute Gasteiger partial charge is 0.186 e. The Morgan fingerprint density at radius 3 is 2.00 bits per heavy atom. The van der Waals surface area contributed by atoms with Crippen molar-refractivity contribution >= 4 is 30.4 Å².